The van der Waals surface area contributed by atoms with E-state index in [2.05, 4.69) is 57.0 Å². The summed E-state index contributed by atoms with van der Waals surface area (Å²) in [5, 5.41) is 7.21. The Labute approximate surface area is 233 Å². The number of para-hydroxylation sites is 2. The molecule has 0 aliphatic rings. The Kier molecular flexibility index (Phi) is 7.49. The highest BCUT2D eigenvalue weighted by molar-refractivity contribution is 5.86. The van der Waals surface area contributed by atoms with Gasteiger partial charge >= 0.3 is 0 Å². The molecule has 194 valence electrons. The average molecular weight is 521 g/mol. The highest BCUT2D eigenvalue weighted by atomic mass is 14.9. The minimum Gasteiger partial charge on any atom is -0.379 e. The van der Waals surface area contributed by atoms with Crippen LogP contribution in [-0.2, 0) is 13.1 Å². The summed E-state index contributed by atoms with van der Waals surface area (Å²) < 4.78 is 0. The molecular weight excluding hydrogens is 492 g/mol. The maximum atomic E-state index is 4.82. The van der Waals surface area contributed by atoms with Crippen LogP contribution in [0, 0.1) is 0 Å². The zero-order chi connectivity index (χ0) is 27.0. The van der Waals surface area contributed by atoms with Gasteiger partial charge in [0.05, 0.1) is 47.3 Å². The average Bonchev–Trinajstić information content (AvgIpc) is 3.04. The first-order valence-electron chi connectivity index (χ1n) is 13.2. The quantitative estimate of drug-likeness (QED) is 0.206. The summed E-state index contributed by atoms with van der Waals surface area (Å²) in [4.78, 5) is 18.5. The Morgan fingerprint density at radius 3 is 1.27 bits per heavy atom. The number of pyridine rings is 4. The molecule has 2 N–H and O–H groups in total. The molecule has 0 fully saturated rings. The largest absolute Gasteiger partial charge is 0.379 e. The Balaban J connectivity index is 1.20. The monoisotopic (exact) mass is 520 g/mol. The predicted molar refractivity (Wildman–Crippen MR) is 161 cm³/mol. The summed E-state index contributed by atoms with van der Waals surface area (Å²) in [5.74, 6) is 0. The van der Waals surface area contributed by atoms with Crippen molar-refractivity contribution in [2.24, 2.45) is 0 Å². The molecule has 0 bridgehead atoms. The zero-order valence-corrected chi connectivity index (χ0v) is 21.9. The van der Waals surface area contributed by atoms with E-state index in [1.165, 1.54) is 0 Å². The fourth-order valence-electron chi connectivity index (χ4n) is 4.59. The number of hydrogen-bond acceptors (Lipinski definition) is 6. The van der Waals surface area contributed by atoms with Gasteiger partial charge in [-0.15, -0.1) is 0 Å². The molecular formula is C34H28N6. The van der Waals surface area contributed by atoms with E-state index in [1.54, 1.807) is 12.4 Å². The van der Waals surface area contributed by atoms with Gasteiger partial charge in [0.15, 0.2) is 0 Å². The van der Waals surface area contributed by atoms with Crippen molar-refractivity contribution in [3.05, 3.63) is 145 Å². The Bertz CT molecular complexity index is 1570. The van der Waals surface area contributed by atoms with Crippen molar-refractivity contribution in [3.63, 3.8) is 0 Å². The fourth-order valence-corrected chi connectivity index (χ4v) is 4.59. The normalized spacial score (nSPS) is 10.7. The number of nitrogens with one attached hydrogen (secondary N) is 2. The molecule has 0 radical (unpaired) electrons. The van der Waals surface area contributed by atoms with Crippen LogP contribution < -0.4 is 10.6 Å². The first-order chi connectivity index (χ1) is 19.8. The first kappa shape index (κ1) is 24.9. The molecule has 4 heterocycles. The molecule has 6 aromatic rings. The molecule has 6 rings (SSSR count). The summed E-state index contributed by atoms with van der Waals surface area (Å²) in [5.41, 5.74) is 9.66. The number of anilines is 2. The second kappa shape index (κ2) is 12.0. The van der Waals surface area contributed by atoms with Gasteiger partial charge in [-0.05, 0) is 60.7 Å². The standard InChI is InChI=1S/C34H28N6/c1-3-15-29(37-23-25-11-9-19-33(39-25)31-17-5-7-21-35-31)27(13-1)28-14-2-4-16-30(28)38-24-26-12-10-20-34(40-26)32-18-6-8-22-36-32/h1-22,37-38H,23-24H2. The van der Waals surface area contributed by atoms with E-state index in [9.17, 15) is 0 Å². The SMILES string of the molecule is c1ccc(-c2cccc(CNc3ccccc3-c3ccccc3NCc3cccc(-c4ccccn4)n3)n2)nc1. The van der Waals surface area contributed by atoms with E-state index >= 15 is 0 Å². The zero-order valence-electron chi connectivity index (χ0n) is 21.9. The molecule has 6 nitrogen and oxygen atoms in total. The number of benzene rings is 2. The number of nitrogens with zero attached hydrogens (tertiary/aromatic N) is 4. The van der Waals surface area contributed by atoms with Crippen molar-refractivity contribution in [2.45, 2.75) is 13.1 Å². The van der Waals surface area contributed by atoms with Crippen molar-refractivity contribution in [1.82, 2.24) is 19.9 Å². The van der Waals surface area contributed by atoms with Crippen LogP contribution in [0.4, 0.5) is 11.4 Å². The summed E-state index contributed by atoms with van der Waals surface area (Å²) in [7, 11) is 0. The summed E-state index contributed by atoms with van der Waals surface area (Å²) in [6, 6.07) is 40.5. The Morgan fingerprint density at radius 2 is 0.825 bits per heavy atom. The second-order valence-electron chi connectivity index (χ2n) is 9.26. The minimum absolute atomic E-state index is 0.595. The molecule has 6 heteroatoms. The smallest absolute Gasteiger partial charge is 0.0890 e. The van der Waals surface area contributed by atoms with Crippen LogP contribution in [0.5, 0.6) is 0 Å². The lowest BCUT2D eigenvalue weighted by atomic mass is 10.0. The van der Waals surface area contributed by atoms with E-state index in [0.29, 0.717) is 13.1 Å². The first-order valence-corrected chi connectivity index (χ1v) is 13.2. The Morgan fingerprint density at radius 1 is 0.400 bits per heavy atom. The number of hydrogen-bond donors (Lipinski definition) is 2. The van der Waals surface area contributed by atoms with Gasteiger partial charge in [0, 0.05) is 34.9 Å². The van der Waals surface area contributed by atoms with E-state index in [-0.39, 0.29) is 0 Å². The molecule has 2 aromatic carbocycles. The fraction of sp³-hybridized carbons (Fsp3) is 0.0588. The number of rotatable bonds is 9. The molecule has 40 heavy (non-hydrogen) atoms. The summed E-state index contributed by atoms with van der Waals surface area (Å²) in [6.07, 6.45) is 3.58. The van der Waals surface area contributed by atoms with Gasteiger partial charge < -0.3 is 10.6 Å². The topological polar surface area (TPSA) is 75.6 Å². The molecule has 4 aromatic heterocycles. The van der Waals surface area contributed by atoms with Crippen LogP contribution in [0.15, 0.2) is 134 Å². The molecule has 0 unspecified atom stereocenters. The lowest BCUT2D eigenvalue weighted by Crippen LogP contribution is -2.06. The molecule has 0 spiro atoms. The minimum atomic E-state index is 0.595. The van der Waals surface area contributed by atoms with Gasteiger partial charge in [-0.2, -0.15) is 0 Å². The third kappa shape index (κ3) is 5.87. The van der Waals surface area contributed by atoms with Crippen LogP contribution in [-0.4, -0.2) is 19.9 Å². The van der Waals surface area contributed by atoms with Gasteiger partial charge in [0.2, 0.25) is 0 Å². The van der Waals surface area contributed by atoms with Crippen molar-refractivity contribution in [2.75, 3.05) is 10.6 Å². The van der Waals surface area contributed by atoms with Crippen molar-refractivity contribution in [3.8, 4) is 33.9 Å². The molecule has 0 aliphatic carbocycles. The molecule has 0 amide bonds. The van der Waals surface area contributed by atoms with Crippen LogP contribution >= 0.6 is 0 Å². The number of aromatic nitrogens is 4. The lowest BCUT2D eigenvalue weighted by molar-refractivity contribution is 1.04. The molecule has 0 saturated carbocycles. The highest BCUT2D eigenvalue weighted by Gasteiger charge is 2.11. The van der Waals surface area contributed by atoms with Gasteiger partial charge in [-0.25, -0.2) is 9.97 Å². The summed E-state index contributed by atoms with van der Waals surface area (Å²) >= 11 is 0. The van der Waals surface area contributed by atoms with E-state index in [1.807, 2.05) is 84.9 Å². The van der Waals surface area contributed by atoms with Crippen LogP contribution in [0.1, 0.15) is 11.4 Å². The molecule has 0 aliphatic heterocycles. The van der Waals surface area contributed by atoms with Crippen molar-refractivity contribution >= 4 is 11.4 Å². The van der Waals surface area contributed by atoms with Crippen LogP contribution in [0.25, 0.3) is 33.9 Å². The van der Waals surface area contributed by atoms with Gasteiger partial charge in [-0.3, -0.25) is 9.97 Å². The molecule has 0 saturated heterocycles. The lowest BCUT2D eigenvalue weighted by Gasteiger charge is -2.16. The highest BCUT2D eigenvalue weighted by Crippen LogP contribution is 2.34. The third-order valence-electron chi connectivity index (χ3n) is 6.53. The van der Waals surface area contributed by atoms with E-state index in [0.717, 1.165) is 56.7 Å². The van der Waals surface area contributed by atoms with Crippen LogP contribution in [0.2, 0.25) is 0 Å². The van der Waals surface area contributed by atoms with Crippen molar-refractivity contribution in [1.29, 1.82) is 0 Å². The Hall–Kier alpha value is -5.36. The maximum Gasteiger partial charge on any atom is 0.0890 e. The summed E-state index contributed by atoms with van der Waals surface area (Å²) in [6.45, 7) is 1.19. The van der Waals surface area contributed by atoms with Gasteiger partial charge in [0.25, 0.3) is 0 Å². The maximum absolute atomic E-state index is 4.82. The third-order valence-corrected chi connectivity index (χ3v) is 6.53. The van der Waals surface area contributed by atoms with E-state index in [4.69, 9.17) is 9.97 Å². The van der Waals surface area contributed by atoms with Gasteiger partial charge in [0.1, 0.15) is 0 Å². The van der Waals surface area contributed by atoms with E-state index < -0.39 is 0 Å². The predicted octanol–water partition coefficient (Wildman–Crippen LogP) is 7.49. The molecule has 0 atom stereocenters. The second-order valence-corrected chi connectivity index (χ2v) is 9.26. The van der Waals surface area contributed by atoms with Gasteiger partial charge in [-0.1, -0.05) is 60.7 Å². The van der Waals surface area contributed by atoms with Crippen molar-refractivity contribution < 1.29 is 0 Å². The van der Waals surface area contributed by atoms with Crippen LogP contribution in [0.3, 0.4) is 0 Å².